The Kier molecular flexibility index (Phi) is 2.79. The maximum Gasteiger partial charge on any atom is 0.128 e. The molecular formula is C26H29NO. The number of allylic oxidation sites excluding steroid dienone is 1. The zero-order valence-electron chi connectivity index (χ0n) is 17.6. The van der Waals surface area contributed by atoms with Gasteiger partial charge in [-0.15, -0.1) is 0 Å². The Hall–Kier alpha value is -2.22. The monoisotopic (exact) mass is 371 g/mol. The minimum Gasteiger partial charge on any atom is -0.487 e. The van der Waals surface area contributed by atoms with Gasteiger partial charge in [-0.25, -0.2) is 0 Å². The highest BCUT2D eigenvalue weighted by molar-refractivity contribution is 6.11. The number of rotatable bonds is 1. The SMILES string of the molecule is C=C(C)C12CCC3(C)CC1c1c(c(C)cc4c5ccccc5n(c14)C2(C)C)O3. The summed E-state index contributed by atoms with van der Waals surface area (Å²) in [5.74, 6) is 1.62. The molecule has 3 atom stereocenters. The summed E-state index contributed by atoms with van der Waals surface area (Å²) in [6, 6.07) is 11.3. The fraction of sp³-hybridized carbons (Fsp3) is 0.462. The quantitative estimate of drug-likeness (QED) is 0.427. The molecule has 1 aromatic heterocycles. The second kappa shape index (κ2) is 4.67. The second-order valence-corrected chi connectivity index (χ2v) is 10.3. The number of hydrogen-bond donors (Lipinski definition) is 0. The molecule has 2 aliphatic heterocycles. The maximum absolute atomic E-state index is 6.75. The fourth-order valence-electron chi connectivity index (χ4n) is 7.31. The first-order valence-electron chi connectivity index (χ1n) is 10.6. The van der Waals surface area contributed by atoms with Gasteiger partial charge < -0.3 is 9.30 Å². The Morgan fingerprint density at radius 2 is 1.89 bits per heavy atom. The topological polar surface area (TPSA) is 14.2 Å². The lowest BCUT2D eigenvalue weighted by atomic mass is 9.48. The summed E-state index contributed by atoms with van der Waals surface area (Å²) in [6.45, 7) is 16.3. The molecule has 1 fully saturated rings. The Morgan fingerprint density at radius 1 is 1.14 bits per heavy atom. The van der Waals surface area contributed by atoms with Crippen molar-refractivity contribution in [3.63, 3.8) is 0 Å². The number of aryl methyl sites for hydroxylation is 1. The summed E-state index contributed by atoms with van der Waals surface area (Å²) < 4.78 is 9.39. The van der Waals surface area contributed by atoms with Gasteiger partial charge in [-0.1, -0.05) is 30.4 Å². The lowest BCUT2D eigenvalue weighted by molar-refractivity contribution is -0.0646. The van der Waals surface area contributed by atoms with Crippen molar-refractivity contribution >= 4 is 21.8 Å². The average molecular weight is 372 g/mol. The van der Waals surface area contributed by atoms with Gasteiger partial charge in [0.25, 0.3) is 0 Å². The smallest absolute Gasteiger partial charge is 0.128 e. The lowest BCUT2D eigenvalue weighted by Gasteiger charge is -2.63. The van der Waals surface area contributed by atoms with Crippen LogP contribution in [0.4, 0.5) is 0 Å². The first kappa shape index (κ1) is 16.7. The number of ether oxygens (including phenoxy) is 1. The van der Waals surface area contributed by atoms with Crippen molar-refractivity contribution in [1.29, 1.82) is 0 Å². The van der Waals surface area contributed by atoms with Crippen LogP contribution in [0.2, 0.25) is 0 Å². The Balaban J connectivity index is 1.91. The standard InChI is InChI=1S/C26H29NO/c1-15(2)26-12-11-25(6)14-19(26)21-22-18(13-16(3)23(21)28-25)17-9-7-8-10-20(17)27(22)24(26,4)5/h7-10,13,19H,1,11-12,14H2,2-6H3. The van der Waals surface area contributed by atoms with Gasteiger partial charge in [0.1, 0.15) is 11.4 Å². The summed E-state index contributed by atoms with van der Waals surface area (Å²) in [6.07, 6.45) is 3.32. The molecule has 0 spiro atoms. The van der Waals surface area contributed by atoms with Gasteiger partial charge in [0.15, 0.2) is 0 Å². The Morgan fingerprint density at radius 3 is 2.64 bits per heavy atom. The molecule has 6 rings (SSSR count). The molecule has 144 valence electrons. The highest BCUT2D eigenvalue weighted by Gasteiger charge is 2.63. The van der Waals surface area contributed by atoms with Gasteiger partial charge in [0, 0.05) is 38.7 Å². The molecule has 0 N–H and O–H groups in total. The van der Waals surface area contributed by atoms with E-state index in [-0.39, 0.29) is 16.6 Å². The number of aromatic nitrogens is 1. The maximum atomic E-state index is 6.75. The molecule has 0 saturated heterocycles. The predicted molar refractivity (Wildman–Crippen MR) is 116 cm³/mol. The summed E-state index contributed by atoms with van der Waals surface area (Å²) in [7, 11) is 0. The first-order valence-corrected chi connectivity index (χ1v) is 10.6. The zero-order chi connectivity index (χ0) is 19.6. The van der Waals surface area contributed by atoms with E-state index in [9.17, 15) is 0 Å². The molecule has 28 heavy (non-hydrogen) atoms. The van der Waals surface area contributed by atoms with Crippen LogP contribution < -0.4 is 4.74 Å². The van der Waals surface area contributed by atoms with Crippen LogP contribution in [0.1, 0.15) is 64.0 Å². The van der Waals surface area contributed by atoms with Gasteiger partial charge in [0.05, 0.1) is 5.52 Å². The highest BCUT2D eigenvalue weighted by Crippen LogP contribution is 2.69. The summed E-state index contributed by atoms with van der Waals surface area (Å²) in [5, 5.41) is 2.74. The Bertz CT molecular complexity index is 1210. The van der Waals surface area contributed by atoms with Gasteiger partial charge in [-0.05, 0) is 71.6 Å². The number of nitrogens with zero attached hydrogens (tertiary/aromatic N) is 1. The fourth-order valence-corrected chi connectivity index (χ4v) is 7.31. The van der Waals surface area contributed by atoms with Crippen molar-refractivity contribution in [3.05, 3.63) is 53.6 Å². The van der Waals surface area contributed by atoms with Crippen molar-refractivity contribution < 1.29 is 4.74 Å². The van der Waals surface area contributed by atoms with Crippen molar-refractivity contribution in [3.8, 4) is 5.75 Å². The molecule has 2 heteroatoms. The van der Waals surface area contributed by atoms with E-state index in [0.29, 0.717) is 5.92 Å². The second-order valence-electron chi connectivity index (χ2n) is 10.3. The van der Waals surface area contributed by atoms with Crippen LogP contribution in [0, 0.1) is 12.3 Å². The Labute approximate surface area is 167 Å². The number of para-hydroxylation sites is 1. The van der Waals surface area contributed by atoms with Gasteiger partial charge in [0.2, 0.25) is 0 Å². The number of hydrogen-bond acceptors (Lipinski definition) is 1. The van der Waals surface area contributed by atoms with Gasteiger partial charge in [-0.3, -0.25) is 0 Å². The van der Waals surface area contributed by atoms with E-state index < -0.39 is 0 Å². The van der Waals surface area contributed by atoms with E-state index in [2.05, 4.69) is 76.1 Å². The lowest BCUT2D eigenvalue weighted by Crippen LogP contribution is -2.60. The largest absolute Gasteiger partial charge is 0.487 e. The van der Waals surface area contributed by atoms with E-state index in [1.54, 1.807) is 0 Å². The van der Waals surface area contributed by atoms with E-state index >= 15 is 0 Å². The third-order valence-electron chi connectivity index (χ3n) is 8.52. The van der Waals surface area contributed by atoms with Crippen molar-refractivity contribution in [1.82, 2.24) is 4.57 Å². The summed E-state index contributed by atoms with van der Waals surface area (Å²) in [4.78, 5) is 0. The molecule has 1 saturated carbocycles. The predicted octanol–water partition coefficient (Wildman–Crippen LogP) is 6.83. The van der Waals surface area contributed by atoms with Gasteiger partial charge in [-0.2, -0.15) is 0 Å². The minimum absolute atomic E-state index is 0.0386. The van der Waals surface area contributed by atoms with Crippen molar-refractivity contribution in [2.45, 2.75) is 70.9 Å². The van der Waals surface area contributed by atoms with Crippen LogP contribution in [0.3, 0.4) is 0 Å². The number of benzene rings is 2. The van der Waals surface area contributed by atoms with E-state index in [0.717, 1.165) is 25.0 Å². The zero-order valence-corrected chi connectivity index (χ0v) is 17.6. The van der Waals surface area contributed by atoms with Crippen LogP contribution >= 0.6 is 0 Å². The molecule has 2 bridgehead atoms. The van der Waals surface area contributed by atoms with Crippen LogP contribution in [-0.2, 0) is 5.54 Å². The third-order valence-corrected chi connectivity index (χ3v) is 8.52. The van der Waals surface area contributed by atoms with E-state index in [1.807, 2.05) is 0 Å². The van der Waals surface area contributed by atoms with Gasteiger partial charge >= 0.3 is 0 Å². The van der Waals surface area contributed by atoms with Crippen LogP contribution in [0.5, 0.6) is 5.75 Å². The molecule has 0 amide bonds. The highest BCUT2D eigenvalue weighted by atomic mass is 16.5. The van der Waals surface area contributed by atoms with Crippen LogP contribution in [0.25, 0.3) is 21.8 Å². The van der Waals surface area contributed by atoms with Crippen LogP contribution in [-0.4, -0.2) is 10.2 Å². The number of fused-ring (bicyclic) bond motifs is 4. The minimum atomic E-state index is -0.0562. The molecule has 2 nitrogen and oxygen atoms in total. The normalized spacial score (nSPS) is 32.0. The molecule has 3 aliphatic rings. The molecule has 1 aliphatic carbocycles. The molecule has 0 radical (unpaired) electrons. The average Bonchev–Trinajstić information content (AvgIpc) is 2.96. The van der Waals surface area contributed by atoms with Crippen molar-refractivity contribution in [2.75, 3.05) is 0 Å². The third kappa shape index (κ3) is 1.57. The van der Waals surface area contributed by atoms with Crippen molar-refractivity contribution in [2.24, 2.45) is 5.41 Å². The first-order chi connectivity index (χ1) is 13.2. The molecule has 3 aromatic rings. The molecule has 3 unspecified atom stereocenters. The molecule has 2 aromatic carbocycles. The van der Waals surface area contributed by atoms with Crippen LogP contribution in [0.15, 0.2) is 42.5 Å². The van der Waals surface area contributed by atoms with E-state index in [1.165, 1.54) is 38.5 Å². The molecular weight excluding hydrogens is 342 g/mol. The summed E-state index contributed by atoms with van der Waals surface area (Å²) >= 11 is 0. The summed E-state index contributed by atoms with van der Waals surface area (Å²) in [5.41, 5.74) is 6.76. The van der Waals surface area contributed by atoms with E-state index in [4.69, 9.17) is 4.74 Å². The molecule has 3 heterocycles.